The predicted molar refractivity (Wildman–Crippen MR) is 99.4 cm³/mol. The summed E-state index contributed by atoms with van der Waals surface area (Å²) in [6.45, 7) is 2.50. The molecule has 8 nitrogen and oxygen atoms in total. The average Bonchev–Trinajstić information content (AvgIpc) is 3.36. The molecule has 0 radical (unpaired) electrons. The number of benzene rings is 1. The Balaban J connectivity index is 1.50. The van der Waals surface area contributed by atoms with Crippen LogP contribution in [0.5, 0.6) is 0 Å². The van der Waals surface area contributed by atoms with E-state index >= 15 is 0 Å². The highest BCUT2D eigenvalue weighted by molar-refractivity contribution is 5.80. The van der Waals surface area contributed by atoms with Gasteiger partial charge in [0, 0.05) is 13.1 Å². The Bertz CT molecular complexity index is 868. The van der Waals surface area contributed by atoms with E-state index in [4.69, 9.17) is 4.52 Å². The Hall–Kier alpha value is -2.90. The van der Waals surface area contributed by atoms with Crippen LogP contribution in [0, 0.1) is 18.3 Å². The first kappa shape index (κ1) is 18.5. The number of aromatic nitrogens is 2. The lowest BCUT2D eigenvalue weighted by molar-refractivity contribution is -0.149. The van der Waals surface area contributed by atoms with Gasteiger partial charge in [-0.1, -0.05) is 41.9 Å². The van der Waals surface area contributed by atoms with E-state index in [1.807, 2.05) is 30.3 Å². The third-order valence-corrected chi connectivity index (χ3v) is 6.03. The van der Waals surface area contributed by atoms with Crippen molar-refractivity contribution in [2.24, 2.45) is 11.3 Å². The molecule has 2 amide bonds. The van der Waals surface area contributed by atoms with Crippen LogP contribution < -0.4 is 5.32 Å². The highest BCUT2D eigenvalue weighted by Gasteiger charge is 2.55. The smallest absolute Gasteiger partial charge is 0.317 e. The van der Waals surface area contributed by atoms with Crippen molar-refractivity contribution in [2.75, 3.05) is 13.1 Å². The number of fused-ring (bicyclic) bond motifs is 1. The molecule has 1 aliphatic heterocycles. The number of carboxylic acids is 1. The summed E-state index contributed by atoms with van der Waals surface area (Å²) < 4.78 is 5.23. The summed E-state index contributed by atoms with van der Waals surface area (Å²) >= 11 is 0. The number of carboxylic acid groups (broad SMARTS) is 1. The number of hydrogen-bond donors (Lipinski definition) is 2. The summed E-state index contributed by atoms with van der Waals surface area (Å²) in [6, 6.07) is 9.02. The number of nitrogens with zero attached hydrogens (tertiary/aromatic N) is 3. The molecule has 2 aliphatic rings. The molecule has 2 N–H and O–H groups in total. The van der Waals surface area contributed by atoms with Crippen molar-refractivity contribution >= 4 is 12.0 Å². The van der Waals surface area contributed by atoms with Crippen molar-refractivity contribution in [3.63, 3.8) is 0 Å². The molecule has 1 aromatic heterocycles. The largest absolute Gasteiger partial charge is 0.481 e. The van der Waals surface area contributed by atoms with Crippen molar-refractivity contribution in [3.05, 3.63) is 47.6 Å². The Morgan fingerprint density at radius 3 is 2.82 bits per heavy atom. The van der Waals surface area contributed by atoms with Gasteiger partial charge in [0.05, 0.1) is 17.9 Å². The van der Waals surface area contributed by atoms with Gasteiger partial charge in [0.2, 0.25) is 5.89 Å². The number of rotatable bonds is 5. The maximum atomic E-state index is 13.0. The van der Waals surface area contributed by atoms with Gasteiger partial charge in [-0.3, -0.25) is 4.79 Å². The Morgan fingerprint density at radius 1 is 1.39 bits per heavy atom. The second-order valence-corrected chi connectivity index (χ2v) is 7.78. The molecule has 2 aromatic rings. The molecule has 148 valence electrons. The number of nitrogens with one attached hydrogen (secondary N) is 1. The molecule has 1 aliphatic carbocycles. The molecule has 0 bridgehead atoms. The summed E-state index contributed by atoms with van der Waals surface area (Å²) in [5.41, 5.74) is 0.141. The number of aliphatic carboxylic acids is 1. The quantitative estimate of drug-likeness (QED) is 0.820. The minimum Gasteiger partial charge on any atom is -0.481 e. The SMILES string of the molecule is Cc1noc(CC(NC(=O)N2C[C@@H]3CCC[C@@]3(C(=O)O)C2)c2ccccc2)n1. The van der Waals surface area contributed by atoms with Crippen molar-refractivity contribution < 1.29 is 19.2 Å². The van der Waals surface area contributed by atoms with Crippen LogP contribution >= 0.6 is 0 Å². The van der Waals surface area contributed by atoms with Gasteiger partial charge in [-0.2, -0.15) is 4.98 Å². The number of urea groups is 1. The maximum absolute atomic E-state index is 13.0. The summed E-state index contributed by atoms with van der Waals surface area (Å²) in [5.74, 6) is 0.242. The number of amides is 2. The third-order valence-electron chi connectivity index (χ3n) is 6.03. The lowest BCUT2D eigenvalue weighted by atomic mass is 9.81. The molecular weight excluding hydrogens is 360 g/mol. The Kier molecular flexibility index (Phi) is 4.78. The number of likely N-dealkylation sites (tertiary alicyclic amines) is 1. The topological polar surface area (TPSA) is 109 Å². The van der Waals surface area contributed by atoms with Crippen LogP contribution in [0.15, 0.2) is 34.9 Å². The fraction of sp³-hybridized carbons (Fsp3) is 0.500. The van der Waals surface area contributed by atoms with Crippen LogP contribution in [-0.2, 0) is 11.2 Å². The molecule has 1 saturated carbocycles. The number of aryl methyl sites for hydroxylation is 1. The fourth-order valence-corrected chi connectivity index (χ4v) is 4.57. The normalized spacial score (nSPS) is 24.8. The first-order valence-electron chi connectivity index (χ1n) is 9.61. The zero-order valence-electron chi connectivity index (χ0n) is 15.8. The van der Waals surface area contributed by atoms with Gasteiger partial charge in [0.1, 0.15) is 0 Å². The highest BCUT2D eigenvalue weighted by atomic mass is 16.5. The summed E-state index contributed by atoms with van der Waals surface area (Å²) in [6.07, 6.45) is 2.78. The fourth-order valence-electron chi connectivity index (χ4n) is 4.57. The number of hydrogen-bond acceptors (Lipinski definition) is 5. The molecule has 2 heterocycles. The Labute approximate surface area is 162 Å². The minimum atomic E-state index is -0.789. The van der Waals surface area contributed by atoms with E-state index in [2.05, 4.69) is 15.5 Å². The first-order chi connectivity index (χ1) is 13.5. The lowest BCUT2D eigenvalue weighted by Crippen LogP contribution is -2.43. The Morgan fingerprint density at radius 2 is 2.18 bits per heavy atom. The second kappa shape index (κ2) is 7.26. The zero-order chi connectivity index (χ0) is 19.7. The van der Waals surface area contributed by atoms with Crippen LogP contribution in [0.1, 0.15) is 42.6 Å². The van der Waals surface area contributed by atoms with Gasteiger partial charge < -0.3 is 19.8 Å². The van der Waals surface area contributed by atoms with E-state index in [-0.39, 0.29) is 24.5 Å². The molecule has 8 heteroatoms. The molecule has 3 atom stereocenters. The van der Waals surface area contributed by atoms with E-state index in [0.29, 0.717) is 31.1 Å². The van der Waals surface area contributed by atoms with Gasteiger partial charge in [0.15, 0.2) is 5.82 Å². The summed E-state index contributed by atoms with van der Waals surface area (Å²) in [5, 5.41) is 16.6. The van der Waals surface area contributed by atoms with Crippen molar-refractivity contribution in [1.82, 2.24) is 20.4 Å². The number of carbonyl (C=O) groups excluding carboxylic acids is 1. The average molecular weight is 384 g/mol. The molecule has 4 rings (SSSR count). The summed E-state index contributed by atoms with van der Waals surface area (Å²) in [4.78, 5) is 30.7. The van der Waals surface area contributed by atoms with Gasteiger partial charge in [-0.05, 0) is 31.2 Å². The third kappa shape index (κ3) is 3.34. The highest BCUT2D eigenvalue weighted by Crippen LogP contribution is 2.48. The maximum Gasteiger partial charge on any atom is 0.317 e. The van der Waals surface area contributed by atoms with Gasteiger partial charge >= 0.3 is 12.0 Å². The lowest BCUT2D eigenvalue weighted by Gasteiger charge is -2.25. The monoisotopic (exact) mass is 384 g/mol. The minimum absolute atomic E-state index is 0.0320. The van der Waals surface area contributed by atoms with Crippen LogP contribution in [0.4, 0.5) is 4.79 Å². The van der Waals surface area contributed by atoms with Crippen LogP contribution in [-0.4, -0.2) is 45.2 Å². The second-order valence-electron chi connectivity index (χ2n) is 7.78. The standard InChI is InChI=1S/C20H24N4O4/c1-13-21-17(28-23-13)10-16(14-6-3-2-4-7-14)22-19(27)24-11-15-8-5-9-20(15,12-24)18(25)26/h2-4,6-7,15-16H,5,8-12H2,1H3,(H,22,27)(H,25,26)/t15-,16?,20+/m0/s1. The molecule has 1 aromatic carbocycles. The predicted octanol–water partition coefficient (Wildman–Crippen LogP) is 2.56. The molecule has 1 unspecified atom stereocenters. The van der Waals surface area contributed by atoms with Gasteiger partial charge in [0.25, 0.3) is 0 Å². The van der Waals surface area contributed by atoms with E-state index < -0.39 is 11.4 Å². The molecule has 0 spiro atoms. The van der Waals surface area contributed by atoms with Crippen LogP contribution in [0.3, 0.4) is 0 Å². The van der Waals surface area contributed by atoms with E-state index in [0.717, 1.165) is 18.4 Å². The van der Waals surface area contributed by atoms with Crippen molar-refractivity contribution in [2.45, 2.75) is 38.6 Å². The van der Waals surface area contributed by atoms with E-state index in [9.17, 15) is 14.7 Å². The molecule has 1 saturated heterocycles. The number of carbonyl (C=O) groups is 2. The van der Waals surface area contributed by atoms with Crippen LogP contribution in [0.2, 0.25) is 0 Å². The van der Waals surface area contributed by atoms with Crippen molar-refractivity contribution in [3.8, 4) is 0 Å². The van der Waals surface area contributed by atoms with E-state index in [1.165, 1.54) is 0 Å². The van der Waals surface area contributed by atoms with Gasteiger partial charge in [-0.25, -0.2) is 4.79 Å². The van der Waals surface area contributed by atoms with Crippen LogP contribution in [0.25, 0.3) is 0 Å². The summed E-state index contributed by atoms with van der Waals surface area (Å²) in [7, 11) is 0. The van der Waals surface area contributed by atoms with Crippen molar-refractivity contribution in [1.29, 1.82) is 0 Å². The molecular formula is C20H24N4O4. The van der Waals surface area contributed by atoms with Gasteiger partial charge in [-0.15, -0.1) is 0 Å². The molecule has 2 fully saturated rings. The molecule has 28 heavy (non-hydrogen) atoms. The first-order valence-corrected chi connectivity index (χ1v) is 9.61. The zero-order valence-corrected chi connectivity index (χ0v) is 15.8. The van der Waals surface area contributed by atoms with E-state index in [1.54, 1.807) is 11.8 Å².